The fourth-order valence-corrected chi connectivity index (χ4v) is 2.49. The van der Waals surface area contributed by atoms with Gasteiger partial charge in [-0.2, -0.15) is 0 Å². The van der Waals surface area contributed by atoms with Gasteiger partial charge in [0.05, 0.1) is 0 Å². The SMILES string of the molecule is CCNC(=NCC(=O)NC1CC1)NC1CCN(C(=O)CC)C1.I. The van der Waals surface area contributed by atoms with Crippen LogP contribution in [0, 0.1) is 0 Å². The summed E-state index contributed by atoms with van der Waals surface area (Å²) in [5.41, 5.74) is 0. The molecule has 0 spiro atoms. The van der Waals surface area contributed by atoms with Gasteiger partial charge in [0.2, 0.25) is 11.8 Å². The van der Waals surface area contributed by atoms with Crippen molar-refractivity contribution >= 4 is 41.8 Å². The van der Waals surface area contributed by atoms with E-state index in [4.69, 9.17) is 0 Å². The third-order valence-electron chi connectivity index (χ3n) is 3.85. The van der Waals surface area contributed by atoms with E-state index in [1.54, 1.807) is 0 Å². The number of halogens is 1. The molecule has 1 atom stereocenters. The van der Waals surface area contributed by atoms with Crippen molar-refractivity contribution in [3.63, 3.8) is 0 Å². The van der Waals surface area contributed by atoms with Crippen LogP contribution in [-0.2, 0) is 9.59 Å². The molecule has 1 heterocycles. The molecule has 2 aliphatic rings. The highest BCUT2D eigenvalue weighted by Crippen LogP contribution is 2.18. The molecule has 7 nitrogen and oxygen atoms in total. The first-order valence-corrected chi connectivity index (χ1v) is 8.24. The molecule has 132 valence electrons. The topological polar surface area (TPSA) is 85.8 Å². The summed E-state index contributed by atoms with van der Waals surface area (Å²) < 4.78 is 0. The van der Waals surface area contributed by atoms with Gasteiger partial charge in [-0.15, -0.1) is 24.0 Å². The van der Waals surface area contributed by atoms with Crippen LogP contribution in [-0.4, -0.2) is 60.9 Å². The molecule has 2 fully saturated rings. The van der Waals surface area contributed by atoms with Gasteiger partial charge in [-0.25, -0.2) is 4.99 Å². The van der Waals surface area contributed by atoms with Crippen LogP contribution >= 0.6 is 24.0 Å². The zero-order valence-corrected chi connectivity index (χ0v) is 16.3. The molecule has 23 heavy (non-hydrogen) atoms. The molecule has 1 aliphatic heterocycles. The first-order chi connectivity index (χ1) is 10.6. The summed E-state index contributed by atoms with van der Waals surface area (Å²) in [6, 6.07) is 0.557. The number of guanidine groups is 1. The van der Waals surface area contributed by atoms with Crippen molar-refractivity contribution in [2.75, 3.05) is 26.2 Å². The van der Waals surface area contributed by atoms with E-state index in [0.29, 0.717) is 25.0 Å². The Hall–Kier alpha value is -1.06. The molecule has 0 aromatic rings. The van der Waals surface area contributed by atoms with Gasteiger partial charge in [0.25, 0.3) is 0 Å². The molecule has 1 aliphatic carbocycles. The first-order valence-electron chi connectivity index (χ1n) is 8.24. The number of nitrogens with zero attached hydrogens (tertiary/aromatic N) is 2. The largest absolute Gasteiger partial charge is 0.357 e. The van der Waals surface area contributed by atoms with E-state index in [2.05, 4.69) is 20.9 Å². The van der Waals surface area contributed by atoms with Crippen LogP contribution in [0.25, 0.3) is 0 Å². The molecule has 2 rings (SSSR count). The lowest BCUT2D eigenvalue weighted by Crippen LogP contribution is -2.45. The van der Waals surface area contributed by atoms with Gasteiger partial charge < -0.3 is 20.9 Å². The van der Waals surface area contributed by atoms with E-state index in [1.807, 2.05) is 18.7 Å². The van der Waals surface area contributed by atoms with E-state index >= 15 is 0 Å². The van der Waals surface area contributed by atoms with Gasteiger partial charge in [-0.1, -0.05) is 6.92 Å². The number of hydrogen-bond donors (Lipinski definition) is 3. The molecule has 0 aromatic heterocycles. The number of nitrogens with one attached hydrogen (secondary N) is 3. The van der Waals surface area contributed by atoms with Gasteiger partial charge in [-0.3, -0.25) is 9.59 Å². The molecule has 1 saturated heterocycles. The maximum absolute atomic E-state index is 11.7. The summed E-state index contributed by atoms with van der Waals surface area (Å²) >= 11 is 0. The summed E-state index contributed by atoms with van der Waals surface area (Å²) in [7, 11) is 0. The van der Waals surface area contributed by atoms with Gasteiger partial charge >= 0.3 is 0 Å². The lowest BCUT2D eigenvalue weighted by molar-refractivity contribution is -0.129. The van der Waals surface area contributed by atoms with Crippen LogP contribution in [0.5, 0.6) is 0 Å². The molecule has 0 radical (unpaired) electrons. The Kier molecular flexibility index (Phi) is 8.64. The Balaban J connectivity index is 0.00000264. The molecule has 0 bridgehead atoms. The summed E-state index contributed by atoms with van der Waals surface area (Å²) in [4.78, 5) is 29.6. The van der Waals surface area contributed by atoms with E-state index in [-0.39, 0.29) is 48.4 Å². The van der Waals surface area contributed by atoms with E-state index in [1.165, 1.54) is 0 Å². The van der Waals surface area contributed by atoms with Crippen molar-refractivity contribution in [3.8, 4) is 0 Å². The van der Waals surface area contributed by atoms with Crippen molar-refractivity contribution < 1.29 is 9.59 Å². The zero-order chi connectivity index (χ0) is 15.9. The van der Waals surface area contributed by atoms with Crippen LogP contribution in [0.1, 0.15) is 39.5 Å². The summed E-state index contributed by atoms with van der Waals surface area (Å²) in [5.74, 6) is 0.799. The molecular formula is C15H28IN5O2. The van der Waals surface area contributed by atoms with Gasteiger partial charge in [-0.05, 0) is 26.2 Å². The maximum Gasteiger partial charge on any atom is 0.242 e. The maximum atomic E-state index is 11.7. The summed E-state index contributed by atoms with van der Waals surface area (Å²) in [6.45, 7) is 6.23. The standard InChI is InChI=1S/C15H27N5O2.HI/c1-3-14(22)20-8-7-12(10-20)19-15(16-4-2)17-9-13(21)18-11-5-6-11;/h11-12H,3-10H2,1-2H3,(H,18,21)(H2,16,17,19);1H. The average Bonchev–Trinajstić information content (AvgIpc) is 3.19. The third kappa shape index (κ3) is 6.92. The zero-order valence-electron chi connectivity index (χ0n) is 13.9. The highest BCUT2D eigenvalue weighted by atomic mass is 127. The van der Waals surface area contributed by atoms with Crippen LogP contribution in [0.15, 0.2) is 4.99 Å². The van der Waals surface area contributed by atoms with Crippen LogP contribution in [0.3, 0.4) is 0 Å². The fraction of sp³-hybridized carbons (Fsp3) is 0.800. The lowest BCUT2D eigenvalue weighted by atomic mass is 10.3. The molecular weight excluding hydrogens is 409 g/mol. The van der Waals surface area contributed by atoms with Crippen molar-refractivity contribution in [1.29, 1.82) is 0 Å². The number of rotatable bonds is 6. The minimum absolute atomic E-state index is 0. The predicted octanol–water partition coefficient (Wildman–Crippen LogP) is 0.449. The Bertz CT molecular complexity index is 440. The molecule has 3 N–H and O–H groups in total. The first kappa shape index (κ1) is 20.0. The Morgan fingerprint density at radius 1 is 1.13 bits per heavy atom. The third-order valence-corrected chi connectivity index (χ3v) is 3.85. The smallest absolute Gasteiger partial charge is 0.242 e. The monoisotopic (exact) mass is 437 g/mol. The molecule has 2 amide bonds. The molecule has 0 aromatic carbocycles. The van der Waals surface area contributed by atoms with Gasteiger partial charge in [0.1, 0.15) is 6.54 Å². The second-order valence-corrected chi connectivity index (χ2v) is 5.86. The summed E-state index contributed by atoms with van der Waals surface area (Å²) in [6.07, 6.45) is 3.61. The number of carbonyl (C=O) groups excluding carboxylic acids is 2. The van der Waals surface area contributed by atoms with Crippen LogP contribution < -0.4 is 16.0 Å². The van der Waals surface area contributed by atoms with Crippen molar-refractivity contribution in [3.05, 3.63) is 0 Å². The van der Waals surface area contributed by atoms with Gasteiger partial charge in [0.15, 0.2) is 5.96 Å². The lowest BCUT2D eigenvalue weighted by Gasteiger charge is -2.18. The van der Waals surface area contributed by atoms with Crippen molar-refractivity contribution in [2.45, 2.75) is 51.6 Å². The van der Waals surface area contributed by atoms with E-state index in [9.17, 15) is 9.59 Å². The average molecular weight is 437 g/mol. The number of aliphatic imine (C=N–C) groups is 1. The quantitative estimate of drug-likeness (QED) is 0.320. The van der Waals surface area contributed by atoms with E-state index < -0.39 is 0 Å². The predicted molar refractivity (Wildman–Crippen MR) is 101 cm³/mol. The van der Waals surface area contributed by atoms with Crippen LogP contribution in [0.4, 0.5) is 0 Å². The van der Waals surface area contributed by atoms with E-state index in [0.717, 1.165) is 32.4 Å². The highest BCUT2D eigenvalue weighted by Gasteiger charge is 2.26. The molecule has 1 saturated carbocycles. The Labute approximate surface area is 155 Å². The summed E-state index contributed by atoms with van der Waals surface area (Å²) in [5, 5.41) is 9.38. The fourth-order valence-electron chi connectivity index (χ4n) is 2.49. The van der Waals surface area contributed by atoms with Gasteiger partial charge in [0, 0.05) is 38.1 Å². The van der Waals surface area contributed by atoms with Crippen LogP contribution in [0.2, 0.25) is 0 Å². The minimum Gasteiger partial charge on any atom is -0.357 e. The van der Waals surface area contributed by atoms with Crippen molar-refractivity contribution in [1.82, 2.24) is 20.9 Å². The second kappa shape index (κ2) is 9.94. The second-order valence-electron chi connectivity index (χ2n) is 5.86. The minimum atomic E-state index is -0.0334. The highest BCUT2D eigenvalue weighted by molar-refractivity contribution is 14.0. The Morgan fingerprint density at radius 2 is 1.87 bits per heavy atom. The number of likely N-dealkylation sites (tertiary alicyclic amines) is 1. The normalized spacial score (nSPS) is 20.7. The number of hydrogen-bond acceptors (Lipinski definition) is 3. The van der Waals surface area contributed by atoms with Crippen molar-refractivity contribution in [2.24, 2.45) is 4.99 Å². The molecule has 8 heteroatoms. The number of carbonyl (C=O) groups is 2. The molecule has 1 unspecified atom stereocenters. The number of amides is 2. The Morgan fingerprint density at radius 3 is 2.48 bits per heavy atom.